The van der Waals surface area contributed by atoms with Crippen LogP contribution in [0.1, 0.15) is 16.7 Å². The highest BCUT2D eigenvalue weighted by Crippen LogP contribution is 2.38. The van der Waals surface area contributed by atoms with Crippen LogP contribution >= 0.6 is 23.4 Å². The quantitative estimate of drug-likeness (QED) is 0.663. The lowest BCUT2D eigenvalue weighted by atomic mass is 10.1. The van der Waals surface area contributed by atoms with E-state index in [0.29, 0.717) is 22.5 Å². The Labute approximate surface area is 182 Å². The van der Waals surface area contributed by atoms with Crippen molar-refractivity contribution in [2.45, 2.75) is 13.8 Å². The van der Waals surface area contributed by atoms with Gasteiger partial charge >= 0.3 is 0 Å². The molecule has 0 aliphatic carbocycles. The molecular formula is C21H19ClN2O5S. The van der Waals surface area contributed by atoms with E-state index in [1.165, 1.54) is 25.3 Å². The molecule has 0 radical (unpaired) electrons. The van der Waals surface area contributed by atoms with Gasteiger partial charge in [0.1, 0.15) is 6.54 Å². The second-order valence-corrected chi connectivity index (χ2v) is 8.09. The molecule has 0 bridgehead atoms. The van der Waals surface area contributed by atoms with Crippen molar-refractivity contribution in [3.63, 3.8) is 0 Å². The number of nitrogens with one attached hydrogen (secondary N) is 1. The number of halogens is 1. The number of aryl methyl sites for hydroxylation is 2. The molecule has 1 aliphatic heterocycles. The third-order valence-electron chi connectivity index (χ3n) is 4.54. The van der Waals surface area contributed by atoms with E-state index >= 15 is 0 Å². The zero-order valence-corrected chi connectivity index (χ0v) is 18.1. The van der Waals surface area contributed by atoms with E-state index in [0.717, 1.165) is 16.0 Å². The molecule has 0 unspecified atom stereocenters. The van der Waals surface area contributed by atoms with Crippen molar-refractivity contribution in [2.75, 3.05) is 19.0 Å². The Balaban J connectivity index is 1.76. The van der Waals surface area contributed by atoms with E-state index in [1.807, 2.05) is 26.0 Å². The van der Waals surface area contributed by atoms with Crippen molar-refractivity contribution >= 4 is 52.2 Å². The van der Waals surface area contributed by atoms with Crippen molar-refractivity contribution in [3.05, 3.63) is 56.9 Å². The lowest BCUT2D eigenvalue weighted by molar-refractivity contribution is -0.127. The number of nitrogens with zero attached hydrogens (tertiary/aromatic N) is 1. The number of phenols is 1. The van der Waals surface area contributed by atoms with Gasteiger partial charge in [0.2, 0.25) is 5.91 Å². The van der Waals surface area contributed by atoms with Gasteiger partial charge < -0.3 is 15.2 Å². The second kappa shape index (κ2) is 8.81. The highest BCUT2D eigenvalue weighted by Gasteiger charge is 2.36. The number of carbonyl (C=O) groups excluding carboxylic acids is 3. The van der Waals surface area contributed by atoms with Gasteiger partial charge in [0.05, 0.1) is 12.0 Å². The first-order valence-corrected chi connectivity index (χ1v) is 10.1. The first kappa shape index (κ1) is 21.7. The normalized spacial score (nSPS) is 15.1. The highest BCUT2D eigenvalue weighted by atomic mass is 35.5. The number of methoxy groups -OCH3 is 1. The number of phenolic OH excluding ortho intramolecular Hbond substituents is 1. The van der Waals surface area contributed by atoms with E-state index in [1.54, 1.807) is 6.07 Å². The maximum atomic E-state index is 12.6. The SMILES string of the molecule is COc1cc(Cl)cc(/C=C2\SC(=O)N(CC(=O)Nc3ccc(C)c(C)c3)C2=O)c1O. The molecule has 9 heteroatoms. The molecule has 30 heavy (non-hydrogen) atoms. The van der Waals surface area contributed by atoms with Crippen LogP contribution in [0.25, 0.3) is 6.08 Å². The van der Waals surface area contributed by atoms with E-state index in [9.17, 15) is 19.5 Å². The number of rotatable bonds is 5. The summed E-state index contributed by atoms with van der Waals surface area (Å²) >= 11 is 6.69. The van der Waals surface area contributed by atoms with Crippen LogP contribution in [-0.4, -0.2) is 40.7 Å². The third kappa shape index (κ3) is 4.60. The smallest absolute Gasteiger partial charge is 0.294 e. The van der Waals surface area contributed by atoms with Crippen LogP contribution in [0.2, 0.25) is 5.02 Å². The molecule has 1 aliphatic rings. The molecule has 0 spiro atoms. The highest BCUT2D eigenvalue weighted by molar-refractivity contribution is 8.18. The molecule has 0 aromatic heterocycles. The van der Waals surface area contributed by atoms with Crippen LogP contribution in [0.3, 0.4) is 0 Å². The number of hydrogen-bond acceptors (Lipinski definition) is 6. The Kier molecular flexibility index (Phi) is 6.38. The van der Waals surface area contributed by atoms with Crippen molar-refractivity contribution < 1.29 is 24.2 Å². The molecule has 3 amide bonds. The fraction of sp³-hybridized carbons (Fsp3) is 0.190. The number of anilines is 1. The molecule has 3 rings (SSSR count). The van der Waals surface area contributed by atoms with Gasteiger partial charge in [-0.15, -0.1) is 0 Å². The van der Waals surface area contributed by atoms with Gasteiger partial charge in [-0.3, -0.25) is 19.3 Å². The van der Waals surface area contributed by atoms with Crippen molar-refractivity contribution in [1.82, 2.24) is 4.90 Å². The summed E-state index contributed by atoms with van der Waals surface area (Å²) in [6.45, 7) is 3.47. The fourth-order valence-electron chi connectivity index (χ4n) is 2.80. The minimum absolute atomic E-state index is 0.0681. The second-order valence-electron chi connectivity index (χ2n) is 6.66. The molecule has 1 fully saturated rings. The minimum Gasteiger partial charge on any atom is -0.504 e. The number of ether oxygens (including phenoxy) is 1. The zero-order chi connectivity index (χ0) is 22.0. The molecule has 156 valence electrons. The predicted octanol–water partition coefficient (Wildman–Crippen LogP) is 4.35. The van der Waals surface area contributed by atoms with Gasteiger partial charge in [0, 0.05) is 22.3 Å². The molecule has 2 aromatic carbocycles. The third-order valence-corrected chi connectivity index (χ3v) is 5.67. The number of imide groups is 1. The van der Waals surface area contributed by atoms with E-state index in [2.05, 4.69) is 5.32 Å². The Bertz CT molecular complexity index is 1080. The summed E-state index contributed by atoms with van der Waals surface area (Å²) in [5.74, 6) is -1.19. The van der Waals surface area contributed by atoms with Crippen LogP contribution in [0.4, 0.5) is 10.5 Å². The summed E-state index contributed by atoms with van der Waals surface area (Å²) in [5, 5.41) is 12.6. The van der Waals surface area contributed by atoms with Gasteiger partial charge in [-0.05, 0) is 61.0 Å². The molecule has 7 nitrogen and oxygen atoms in total. The molecular weight excluding hydrogens is 428 g/mol. The summed E-state index contributed by atoms with van der Waals surface area (Å²) in [7, 11) is 1.37. The van der Waals surface area contributed by atoms with Crippen molar-refractivity contribution in [1.29, 1.82) is 0 Å². The molecule has 1 saturated heterocycles. The average molecular weight is 447 g/mol. The van der Waals surface area contributed by atoms with Gasteiger partial charge in [0.15, 0.2) is 11.5 Å². The van der Waals surface area contributed by atoms with Gasteiger partial charge in [-0.2, -0.15) is 0 Å². The maximum Gasteiger partial charge on any atom is 0.294 e. The summed E-state index contributed by atoms with van der Waals surface area (Å²) in [5.41, 5.74) is 2.91. The Hall–Kier alpha value is -2.97. The number of aromatic hydroxyl groups is 1. The van der Waals surface area contributed by atoms with Crippen molar-refractivity contribution in [2.24, 2.45) is 0 Å². The fourth-order valence-corrected chi connectivity index (χ4v) is 3.85. The van der Waals surface area contributed by atoms with Crippen LogP contribution in [0, 0.1) is 13.8 Å². The minimum atomic E-state index is -0.626. The van der Waals surface area contributed by atoms with E-state index < -0.39 is 23.6 Å². The number of amides is 3. The number of carbonyl (C=O) groups is 3. The molecule has 2 aromatic rings. The van der Waals surface area contributed by atoms with Gasteiger partial charge in [0.25, 0.3) is 11.1 Å². The van der Waals surface area contributed by atoms with Crippen molar-refractivity contribution in [3.8, 4) is 11.5 Å². The Morgan fingerprint density at radius 1 is 1.23 bits per heavy atom. The molecule has 0 saturated carbocycles. The molecule has 1 heterocycles. The van der Waals surface area contributed by atoms with Gasteiger partial charge in [-0.25, -0.2) is 0 Å². The zero-order valence-electron chi connectivity index (χ0n) is 16.5. The Morgan fingerprint density at radius 3 is 2.63 bits per heavy atom. The number of hydrogen-bond donors (Lipinski definition) is 2. The summed E-state index contributed by atoms with van der Waals surface area (Å²) in [6, 6.07) is 8.32. The lowest BCUT2D eigenvalue weighted by Gasteiger charge is -2.13. The van der Waals surface area contributed by atoms with Crippen LogP contribution in [-0.2, 0) is 9.59 Å². The topological polar surface area (TPSA) is 95.9 Å². The van der Waals surface area contributed by atoms with Gasteiger partial charge in [-0.1, -0.05) is 17.7 Å². The van der Waals surface area contributed by atoms with Crippen LogP contribution in [0.15, 0.2) is 35.2 Å². The summed E-state index contributed by atoms with van der Waals surface area (Å²) < 4.78 is 5.04. The first-order chi connectivity index (χ1) is 14.2. The first-order valence-electron chi connectivity index (χ1n) is 8.88. The average Bonchev–Trinajstić information content (AvgIpc) is 2.94. The standard InChI is InChI=1S/C21H19ClN2O5S/c1-11-4-5-15(6-12(11)2)23-18(25)10-24-20(27)17(30-21(24)28)8-13-7-14(22)9-16(29-3)19(13)26/h4-9,26H,10H2,1-3H3,(H,23,25)/b17-8-. The number of thioether (sulfide) groups is 1. The predicted molar refractivity (Wildman–Crippen MR) is 117 cm³/mol. The van der Waals surface area contributed by atoms with E-state index in [-0.39, 0.29) is 22.0 Å². The maximum absolute atomic E-state index is 12.6. The molecule has 0 atom stereocenters. The number of benzene rings is 2. The largest absolute Gasteiger partial charge is 0.504 e. The lowest BCUT2D eigenvalue weighted by Crippen LogP contribution is -2.36. The Morgan fingerprint density at radius 2 is 1.97 bits per heavy atom. The summed E-state index contributed by atoms with van der Waals surface area (Å²) in [6.07, 6.45) is 1.34. The van der Waals surface area contributed by atoms with E-state index in [4.69, 9.17) is 16.3 Å². The molecule has 2 N–H and O–H groups in total. The van der Waals surface area contributed by atoms with Crippen LogP contribution in [0.5, 0.6) is 11.5 Å². The van der Waals surface area contributed by atoms with Crippen LogP contribution < -0.4 is 10.1 Å². The summed E-state index contributed by atoms with van der Waals surface area (Å²) in [4.78, 5) is 38.2. The monoisotopic (exact) mass is 446 g/mol.